The van der Waals surface area contributed by atoms with Gasteiger partial charge in [-0.1, -0.05) is 26.2 Å². The van der Waals surface area contributed by atoms with Gasteiger partial charge in [-0.05, 0) is 24.6 Å². The molecule has 1 aromatic carbocycles. The lowest BCUT2D eigenvalue weighted by Gasteiger charge is -2.35. The molecule has 0 bridgehead atoms. The zero-order chi connectivity index (χ0) is 17.6. The first-order valence-corrected chi connectivity index (χ1v) is 8.44. The van der Waals surface area contributed by atoms with Crippen LogP contribution in [0.25, 0.3) is 0 Å². The van der Waals surface area contributed by atoms with Gasteiger partial charge in [0.2, 0.25) is 0 Å². The van der Waals surface area contributed by atoms with Crippen molar-refractivity contribution in [1.29, 1.82) is 0 Å². The highest BCUT2D eigenvalue weighted by Crippen LogP contribution is 2.36. The number of nitrogens with one attached hydrogen (secondary N) is 1. The van der Waals surface area contributed by atoms with E-state index in [0.29, 0.717) is 5.56 Å². The number of aromatic hydroxyl groups is 1. The van der Waals surface area contributed by atoms with Crippen LogP contribution in [0, 0.1) is 0 Å². The first-order valence-electron chi connectivity index (χ1n) is 8.44. The number of alkyl halides is 3. The first kappa shape index (κ1) is 18.9. The monoisotopic (exact) mass is 346 g/mol. The van der Waals surface area contributed by atoms with Crippen LogP contribution in [-0.4, -0.2) is 42.5 Å². The Morgan fingerprint density at radius 1 is 1.25 bits per heavy atom. The number of nitrogens with zero attached hydrogens (tertiary/aromatic N) is 1. The minimum Gasteiger partial charge on any atom is -0.508 e. The number of phenolic OH excluding ortho intramolecular Hbond substituents is 1. The third-order valence-electron chi connectivity index (χ3n) is 4.27. The molecule has 4 nitrogen and oxygen atoms in total. The van der Waals surface area contributed by atoms with E-state index < -0.39 is 6.36 Å². The maximum Gasteiger partial charge on any atom is 0.573 e. The van der Waals surface area contributed by atoms with Crippen LogP contribution in [0.1, 0.15) is 44.2 Å². The lowest BCUT2D eigenvalue weighted by atomic mass is 9.97. The smallest absolute Gasteiger partial charge is 0.508 e. The van der Waals surface area contributed by atoms with Crippen molar-refractivity contribution >= 4 is 0 Å². The molecule has 1 aliphatic rings. The van der Waals surface area contributed by atoms with Crippen LogP contribution < -0.4 is 10.1 Å². The largest absolute Gasteiger partial charge is 0.573 e. The van der Waals surface area contributed by atoms with Crippen LogP contribution >= 0.6 is 0 Å². The highest BCUT2D eigenvalue weighted by molar-refractivity contribution is 5.41. The Morgan fingerprint density at radius 3 is 2.58 bits per heavy atom. The molecule has 7 heteroatoms. The first-order chi connectivity index (χ1) is 11.4. The molecule has 1 atom stereocenters. The third-order valence-corrected chi connectivity index (χ3v) is 4.27. The number of ether oxygens (including phenoxy) is 1. The van der Waals surface area contributed by atoms with E-state index in [9.17, 15) is 18.3 Å². The average Bonchev–Trinajstić information content (AvgIpc) is 2.53. The molecule has 1 aliphatic heterocycles. The molecular formula is C17H25F3N2O2. The number of benzene rings is 1. The van der Waals surface area contributed by atoms with Gasteiger partial charge < -0.3 is 15.2 Å². The molecular weight excluding hydrogens is 321 g/mol. The van der Waals surface area contributed by atoms with Crippen LogP contribution in [0.3, 0.4) is 0 Å². The van der Waals surface area contributed by atoms with E-state index >= 15 is 0 Å². The molecule has 0 radical (unpaired) electrons. The molecule has 0 aliphatic carbocycles. The van der Waals surface area contributed by atoms with Gasteiger partial charge in [0.05, 0.1) is 0 Å². The molecule has 1 aromatic rings. The summed E-state index contributed by atoms with van der Waals surface area (Å²) in [5.41, 5.74) is 0.509. The van der Waals surface area contributed by atoms with Crippen molar-refractivity contribution < 1.29 is 23.0 Å². The second-order valence-corrected chi connectivity index (χ2v) is 6.07. The van der Waals surface area contributed by atoms with Crippen LogP contribution in [0.15, 0.2) is 18.2 Å². The highest BCUT2D eigenvalue weighted by atomic mass is 19.4. The number of phenols is 1. The molecule has 24 heavy (non-hydrogen) atoms. The summed E-state index contributed by atoms with van der Waals surface area (Å²) in [6.07, 6.45) is -0.841. The van der Waals surface area contributed by atoms with Crippen LogP contribution in [-0.2, 0) is 0 Å². The number of hydrogen-bond acceptors (Lipinski definition) is 4. The fourth-order valence-electron chi connectivity index (χ4n) is 3.11. The highest BCUT2D eigenvalue weighted by Gasteiger charge is 2.32. The van der Waals surface area contributed by atoms with Gasteiger partial charge in [0.25, 0.3) is 0 Å². The quantitative estimate of drug-likeness (QED) is 0.737. The fraction of sp³-hybridized carbons (Fsp3) is 0.647. The molecule has 2 N–H and O–H groups in total. The Bertz CT molecular complexity index is 517. The summed E-state index contributed by atoms with van der Waals surface area (Å²) < 4.78 is 41.4. The lowest BCUT2D eigenvalue weighted by molar-refractivity contribution is -0.274. The zero-order valence-corrected chi connectivity index (χ0v) is 13.9. The average molecular weight is 346 g/mol. The van der Waals surface area contributed by atoms with E-state index in [4.69, 9.17) is 0 Å². The van der Waals surface area contributed by atoms with Gasteiger partial charge in [0.1, 0.15) is 11.5 Å². The number of rotatable bonds is 7. The third kappa shape index (κ3) is 5.56. The lowest BCUT2D eigenvalue weighted by Crippen LogP contribution is -2.45. The molecule has 2 rings (SSSR count). The Balaban J connectivity index is 2.24. The summed E-state index contributed by atoms with van der Waals surface area (Å²) in [5.74, 6) is -0.268. The predicted octanol–water partition coefficient (Wildman–Crippen LogP) is 3.82. The fourth-order valence-corrected chi connectivity index (χ4v) is 3.11. The molecule has 0 saturated carbocycles. The number of halogens is 3. The Kier molecular flexibility index (Phi) is 6.74. The zero-order valence-electron chi connectivity index (χ0n) is 13.9. The summed E-state index contributed by atoms with van der Waals surface area (Å²) in [6.45, 7) is 5.39. The van der Waals surface area contributed by atoms with Gasteiger partial charge in [-0.3, -0.25) is 4.90 Å². The number of unbranched alkanes of at least 4 members (excludes halogenated alkanes) is 2. The van der Waals surface area contributed by atoms with E-state index in [-0.39, 0.29) is 17.5 Å². The van der Waals surface area contributed by atoms with Crippen molar-refractivity contribution in [1.82, 2.24) is 10.2 Å². The second-order valence-electron chi connectivity index (χ2n) is 6.07. The van der Waals surface area contributed by atoms with Crippen LogP contribution in [0.5, 0.6) is 11.5 Å². The van der Waals surface area contributed by atoms with Gasteiger partial charge in [0, 0.05) is 37.8 Å². The Hall–Kier alpha value is -1.47. The van der Waals surface area contributed by atoms with Gasteiger partial charge in [-0.25, -0.2) is 0 Å². The van der Waals surface area contributed by atoms with Crippen molar-refractivity contribution in [2.45, 2.75) is 45.0 Å². The SMILES string of the molecule is CCCCC[C@H](c1cc(OC(F)(F)F)ccc1O)N1CCNCC1. The van der Waals surface area contributed by atoms with Gasteiger partial charge in [-0.15, -0.1) is 13.2 Å². The summed E-state index contributed by atoms with van der Waals surface area (Å²) in [7, 11) is 0. The molecule has 1 fully saturated rings. The topological polar surface area (TPSA) is 44.7 Å². The van der Waals surface area contributed by atoms with E-state index in [1.807, 2.05) is 0 Å². The normalized spacial score (nSPS) is 17.7. The molecule has 1 saturated heterocycles. The molecule has 0 unspecified atom stereocenters. The Labute approximate surface area is 140 Å². The summed E-state index contributed by atoms with van der Waals surface area (Å²) in [6, 6.07) is 3.65. The van der Waals surface area contributed by atoms with Crippen molar-refractivity contribution in [3.8, 4) is 11.5 Å². The minimum absolute atomic E-state index is 0.0181. The van der Waals surface area contributed by atoms with E-state index in [2.05, 4.69) is 21.9 Å². The molecule has 0 amide bonds. The molecule has 136 valence electrons. The van der Waals surface area contributed by atoms with Crippen molar-refractivity contribution in [2.75, 3.05) is 26.2 Å². The van der Waals surface area contributed by atoms with Crippen molar-refractivity contribution in [3.63, 3.8) is 0 Å². The molecule has 0 spiro atoms. The van der Waals surface area contributed by atoms with E-state index in [1.165, 1.54) is 12.1 Å². The number of piperazine rings is 1. The molecule has 0 aromatic heterocycles. The van der Waals surface area contributed by atoms with Gasteiger partial charge in [-0.2, -0.15) is 0 Å². The minimum atomic E-state index is -4.74. The van der Waals surface area contributed by atoms with Crippen molar-refractivity contribution in [3.05, 3.63) is 23.8 Å². The summed E-state index contributed by atoms with van der Waals surface area (Å²) in [5, 5.41) is 13.5. The van der Waals surface area contributed by atoms with Gasteiger partial charge >= 0.3 is 6.36 Å². The van der Waals surface area contributed by atoms with Gasteiger partial charge in [0.15, 0.2) is 0 Å². The van der Waals surface area contributed by atoms with E-state index in [1.54, 1.807) is 0 Å². The number of hydrogen-bond donors (Lipinski definition) is 2. The summed E-state index contributed by atoms with van der Waals surface area (Å²) in [4.78, 5) is 2.22. The standard InChI is InChI=1S/C17H25F3N2O2/c1-2-3-4-5-15(22-10-8-21-9-11-22)14-12-13(6-7-16(14)23)24-17(18,19)20/h6-7,12,15,21,23H,2-5,8-11H2,1H3/t15-/m1/s1. The van der Waals surface area contributed by atoms with Crippen molar-refractivity contribution in [2.24, 2.45) is 0 Å². The maximum atomic E-state index is 12.5. The molecule has 1 heterocycles. The summed E-state index contributed by atoms with van der Waals surface area (Å²) >= 11 is 0. The van der Waals surface area contributed by atoms with Crippen LogP contribution in [0.2, 0.25) is 0 Å². The predicted molar refractivity (Wildman–Crippen MR) is 86.1 cm³/mol. The second kappa shape index (κ2) is 8.58. The maximum absolute atomic E-state index is 12.5. The Morgan fingerprint density at radius 2 is 1.96 bits per heavy atom. The van der Waals surface area contributed by atoms with E-state index in [0.717, 1.165) is 57.9 Å². The van der Waals surface area contributed by atoms with Crippen LogP contribution in [0.4, 0.5) is 13.2 Å².